The van der Waals surface area contributed by atoms with Gasteiger partial charge in [-0.15, -0.1) is 0 Å². The lowest BCUT2D eigenvalue weighted by atomic mass is 10.2. The Labute approximate surface area is 101 Å². The lowest BCUT2D eigenvalue weighted by Crippen LogP contribution is -2.14. The summed E-state index contributed by atoms with van der Waals surface area (Å²) in [6.45, 7) is 0.169. The Balaban J connectivity index is 1.94. The predicted octanol–water partition coefficient (Wildman–Crippen LogP) is 1.67. The number of aromatic amines is 1. The first-order valence-electron chi connectivity index (χ1n) is 5.27. The van der Waals surface area contributed by atoms with Crippen molar-refractivity contribution in [3.05, 3.63) is 58.1 Å². The smallest absolute Gasteiger partial charge is 0.347 e. The predicted molar refractivity (Wildman–Crippen MR) is 60.4 cm³/mol. The third-order valence-corrected chi connectivity index (χ3v) is 2.28. The molecule has 4 nitrogen and oxygen atoms in total. The van der Waals surface area contributed by atoms with Crippen molar-refractivity contribution in [3.63, 3.8) is 0 Å². The molecule has 0 unspecified atom stereocenters. The largest absolute Gasteiger partial charge is 0.476 e. The zero-order valence-corrected chi connectivity index (χ0v) is 9.32. The molecule has 94 valence electrons. The topological polar surface area (TPSA) is 55.0 Å². The number of rotatable bonds is 4. The second-order valence-electron chi connectivity index (χ2n) is 3.59. The lowest BCUT2D eigenvalue weighted by molar-refractivity contribution is 0.289. The maximum absolute atomic E-state index is 13.1. The van der Waals surface area contributed by atoms with E-state index in [2.05, 4.69) is 9.97 Å². The van der Waals surface area contributed by atoms with E-state index in [4.69, 9.17) is 4.74 Å². The van der Waals surface area contributed by atoms with Gasteiger partial charge in [-0.3, -0.25) is 4.98 Å². The number of benzene rings is 1. The highest BCUT2D eigenvalue weighted by Crippen LogP contribution is 2.09. The van der Waals surface area contributed by atoms with Crippen LogP contribution in [-0.2, 0) is 6.42 Å². The van der Waals surface area contributed by atoms with Crippen LogP contribution in [0.3, 0.4) is 0 Å². The molecule has 1 aromatic heterocycles. The Hall–Kier alpha value is -2.24. The minimum absolute atomic E-state index is 0.169. The summed E-state index contributed by atoms with van der Waals surface area (Å²) in [7, 11) is 0. The summed E-state index contributed by atoms with van der Waals surface area (Å²) in [5, 5.41) is 0. The molecule has 0 spiro atoms. The van der Waals surface area contributed by atoms with Crippen molar-refractivity contribution in [1.82, 2.24) is 9.97 Å². The van der Waals surface area contributed by atoms with Crippen LogP contribution in [0.1, 0.15) is 5.56 Å². The van der Waals surface area contributed by atoms with Crippen molar-refractivity contribution in [2.45, 2.75) is 6.42 Å². The summed E-state index contributed by atoms with van der Waals surface area (Å²) < 4.78 is 30.9. The van der Waals surface area contributed by atoms with E-state index in [-0.39, 0.29) is 18.3 Å². The molecule has 0 bridgehead atoms. The Bertz CT molecular complexity index is 581. The van der Waals surface area contributed by atoms with Crippen LogP contribution < -0.4 is 10.4 Å². The fraction of sp³-hybridized carbons (Fsp3) is 0.167. The van der Waals surface area contributed by atoms with Gasteiger partial charge in [0.25, 0.3) is 0 Å². The zero-order valence-electron chi connectivity index (χ0n) is 9.32. The van der Waals surface area contributed by atoms with Crippen molar-refractivity contribution in [3.8, 4) is 5.88 Å². The second kappa shape index (κ2) is 5.39. The van der Waals surface area contributed by atoms with E-state index in [1.54, 1.807) is 12.1 Å². The number of nitrogens with one attached hydrogen (secondary N) is 1. The average molecular weight is 252 g/mol. The van der Waals surface area contributed by atoms with E-state index in [0.717, 1.165) is 11.8 Å². The normalized spacial score (nSPS) is 10.3. The van der Waals surface area contributed by atoms with Gasteiger partial charge >= 0.3 is 5.69 Å². The zero-order chi connectivity index (χ0) is 13.0. The lowest BCUT2D eigenvalue weighted by Gasteiger charge is -2.06. The first-order chi connectivity index (χ1) is 8.65. The minimum atomic E-state index is -0.728. The van der Waals surface area contributed by atoms with Crippen LogP contribution in [-0.4, -0.2) is 16.6 Å². The molecular weight excluding hydrogens is 242 g/mol. The van der Waals surface area contributed by atoms with Crippen LogP contribution in [0.2, 0.25) is 0 Å². The summed E-state index contributed by atoms with van der Waals surface area (Å²) in [5.41, 5.74) is 0.182. The van der Waals surface area contributed by atoms with Crippen LogP contribution >= 0.6 is 0 Å². The number of halogens is 2. The van der Waals surface area contributed by atoms with Gasteiger partial charge in [0.2, 0.25) is 11.7 Å². The van der Waals surface area contributed by atoms with E-state index in [1.807, 2.05) is 0 Å². The van der Waals surface area contributed by atoms with Gasteiger partial charge in [0, 0.05) is 6.42 Å². The quantitative estimate of drug-likeness (QED) is 0.900. The summed E-state index contributed by atoms with van der Waals surface area (Å²) in [6.07, 6.45) is 1.27. The van der Waals surface area contributed by atoms with E-state index < -0.39 is 11.5 Å². The van der Waals surface area contributed by atoms with Gasteiger partial charge in [0.1, 0.15) is 5.82 Å². The van der Waals surface area contributed by atoms with Gasteiger partial charge in [-0.1, -0.05) is 12.1 Å². The first kappa shape index (κ1) is 12.2. The SMILES string of the molecule is O=c1ncc(F)c(OCCc2ccc(F)cc2)[nH]1. The molecule has 1 heterocycles. The molecule has 2 rings (SSSR count). The van der Waals surface area contributed by atoms with E-state index in [0.29, 0.717) is 6.42 Å². The van der Waals surface area contributed by atoms with Crippen LogP contribution in [0.15, 0.2) is 35.3 Å². The molecule has 1 aromatic carbocycles. The maximum atomic E-state index is 13.1. The number of H-pyrrole nitrogens is 1. The molecule has 1 N–H and O–H groups in total. The molecule has 0 saturated heterocycles. The van der Waals surface area contributed by atoms with Crippen LogP contribution in [0, 0.1) is 11.6 Å². The molecule has 0 radical (unpaired) electrons. The van der Waals surface area contributed by atoms with Gasteiger partial charge in [0.15, 0.2) is 0 Å². The monoisotopic (exact) mass is 252 g/mol. The van der Waals surface area contributed by atoms with E-state index in [9.17, 15) is 13.6 Å². The van der Waals surface area contributed by atoms with Crippen molar-refractivity contribution >= 4 is 0 Å². The van der Waals surface area contributed by atoms with Gasteiger partial charge < -0.3 is 4.74 Å². The molecule has 0 amide bonds. The van der Waals surface area contributed by atoms with E-state index in [1.165, 1.54) is 12.1 Å². The average Bonchev–Trinajstić information content (AvgIpc) is 2.36. The number of nitrogens with zero attached hydrogens (tertiary/aromatic N) is 1. The van der Waals surface area contributed by atoms with Crippen molar-refractivity contribution in [2.24, 2.45) is 0 Å². The highest BCUT2D eigenvalue weighted by atomic mass is 19.1. The maximum Gasteiger partial charge on any atom is 0.347 e. The fourth-order valence-corrected chi connectivity index (χ4v) is 1.39. The summed E-state index contributed by atoms with van der Waals surface area (Å²) in [5.74, 6) is -1.28. The minimum Gasteiger partial charge on any atom is -0.476 e. The molecule has 0 aliphatic heterocycles. The molecule has 2 aromatic rings. The van der Waals surface area contributed by atoms with Crippen molar-refractivity contribution < 1.29 is 13.5 Å². The Morgan fingerprint density at radius 3 is 2.67 bits per heavy atom. The van der Waals surface area contributed by atoms with Crippen LogP contribution in [0.25, 0.3) is 0 Å². The molecule has 0 fully saturated rings. The third kappa shape index (κ3) is 3.13. The highest BCUT2D eigenvalue weighted by molar-refractivity contribution is 5.16. The molecule has 6 heteroatoms. The molecule has 0 aliphatic rings. The molecule has 0 saturated carbocycles. The number of hydrogen-bond donors (Lipinski definition) is 1. The van der Waals surface area contributed by atoms with Gasteiger partial charge in [0.05, 0.1) is 12.8 Å². The van der Waals surface area contributed by atoms with Crippen molar-refractivity contribution in [2.75, 3.05) is 6.61 Å². The number of hydrogen-bond acceptors (Lipinski definition) is 3. The Kier molecular flexibility index (Phi) is 3.66. The summed E-state index contributed by atoms with van der Waals surface area (Å²) in [4.78, 5) is 16.2. The van der Waals surface area contributed by atoms with Gasteiger partial charge in [-0.25, -0.2) is 9.18 Å². The molecule has 0 atom stereocenters. The highest BCUT2D eigenvalue weighted by Gasteiger charge is 2.04. The Morgan fingerprint density at radius 2 is 1.94 bits per heavy atom. The Morgan fingerprint density at radius 1 is 1.22 bits per heavy atom. The summed E-state index contributed by atoms with van der Waals surface area (Å²) in [6, 6.07) is 5.91. The third-order valence-electron chi connectivity index (χ3n) is 2.28. The van der Waals surface area contributed by atoms with Crippen molar-refractivity contribution in [1.29, 1.82) is 0 Å². The first-order valence-corrected chi connectivity index (χ1v) is 5.27. The van der Waals surface area contributed by atoms with Crippen LogP contribution in [0.4, 0.5) is 8.78 Å². The number of aromatic nitrogens is 2. The molecular formula is C12H10F2N2O2. The molecule has 18 heavy (non-hydrogen) atoms. The van der Waals surface area contributed by atoms with Gasteiger partial charge in [-0.2, -0.15) is 9.37 Å². The van der Waals surface area contributed by atoms with Crippen LogP contribution in [0.5, 0.6) is 5.88 Å². The summed E-state index contributed by atoms with van der Waals surface area (Å²) >= 11 is 0. The van der Waals surface area contributed by atoms with Gasteiger partial charge in [-0.05, 0) is 17.7 Å². The standard InChI is InChI=1S/C12H10F2N2O2/c13-9-3-1-8(2-4-9)5-6-18-11-10(14)7-15-12(17)16-11/h1-4,7H,5-6H2,(H,15,16,17). The molecule has 0 aliphatic carbocycles. The van der Waals surface area contributed by atoms with E-state index >= 15 is 0 Å². The fourth-order valence-electron chi connectivity index (χ4n) is 1.39. The number of ether oxygens (including phenoxy) is 1. The second-order valence-corrected chi connectivity index (χ2v) is 3.59.